The van der Waals surface area contributed by atoms with Crippen molar-refractivity contribution in [3.8, 4) is 23.0 Å². The van der Waals surface area contributed by atoms with Crippen LogP contribution >= 0.6 is 0 Å². The first-order valence-corrected chi connectivity index (χ1v) is 13.4. The zero-order valence-corrected chi connectivity index (χ0v) is 23.3. The van der Waals surface area contributed by atoms with Crippen molar-refractivity contribution >= 4 is 17.8 Å². The fourth-order valence-corrected chi connectivity index (χ4v) is 5.60. The quantitative estimate of drug-likeness (QED) is 0.476. The highest BCUT2D eigenvalue weighted by Gasteiger charge is 2.41. The van der Waals surface area contributed by atoms with Crippen LogP contribution in [0.3, 0.4) is 0 Å². The molecule has 3 aliphatic rings. The summed E-state index contributed by atoms with van der Waals surface area (Å²) in [5.41, 5.74) is 0.210. The van der Waals surface area contributed by atoms with E-state index < -0.39 is 23.4 Å². The van der Waals surface area contributed by atoms with Gasteiger partial charge < -0.3 is 14.4 Å². The minimum absolute atomic E-state index is 0.0124. The summed E-state index contributed by atoms with van der Waals surface area (Å²) in [6, 6.07) is 9.85. The lowest BCUT2D eigenvalue weighted by atomic mass is 10.0. The lowest BCUT2D eigenvalue weighted by Gasteiger charge is -2.33. The molecular weight excluding hydrogens is 529 g/mol. The van der Waals surface area contributed by atoms with E-state index in [4.69, 9.17) is 14.6 Å². The number of carbonyl (C=O) groups is 2. The van der Waals surface area contributed by atoms with Crippen molar-refractivity contribution in [3.63, 3.8) is 0 Å². The third-order valence-electron chi connectivity index (χ3n) is 7.57. The van der Waals surface area contributed by atoms with Gasteiger partial charge >= 0.3 is 6.09 Å². The van der Waals surface area contributed by atoms with Crippen LogP contribution in [-0.2, 0) is 16.0 Å². The number of benzene rings is 1. The van der Waals surface area contributed by atoms with Gasteiger partial charge in [-0.15, -0.1) is 0 Å². The number of pyridine rings is 1. The standard InChI is InChI=1S/C29H30FN7O4/c1-29(2,3)41-28(39)36-14-20-26(27(36)38)21(12-19(32-20)25-17(13-31)6-5-7-18(25)30)37-9-8-24(33-37)35-15-22-23(16-35)40-11-10-34(22)4/h5-9,12,22-23H,10-11,14-16H2,1-4H3. The molecule has 0 aliphatic carbocycles. The van der Waals surface area contributed by atoms with Crippen LogP contribution in [0.15, 0.2) is 36.5 Å². The van der Waals surface area contributed by atoms with Crippen molar-refractivity contribution in [1.29, 1.82) is 5.26 Å². The summed E-state index contributed by atoms with van der Waals surface area (Å²) in [5, 5.41) is 14.5. The van der Waals surface area contributed by atoms with Crippen LogP contribution in [0.5, 0.6) is 0 Å². The van der Waals surface area contributed by atoms with Gasteiger partial charge in [-0.2, -0.15) is 10.4 Å². The second kappa shape index (κ2) is 9.94. The molecule has 6 rings (SSSR count). The van der Waals surface area contributed by atoms with E-state index in [0.717, 1.165) is 18.0 Å². The summed E-state index contributed by atoms with van der Waals surface area (Å²) < 4.78 is 28.0. The lowest BCUT2D eigenvalue weighted by molar-refractivity contribution is -0.0362. The molecule has 2 fully saturated rings. The van der Waals surface area contributed by atoms with Crippen molar-refractivity contribution in [2.75, 3.05) is 38.2 Å². The van der Waals surface area contributed by atoms with Gasteiger partial charge in [0.2, 0.25) is 0 Å². The summed E-state index contributed by atoms with van der Waals surface area (Å²) in [4.78, 5) is 36.5. The number of hydrogen-bond acceptors (Lipinski definition) is 9. The summed E-state index contributed by atoms with van der Waals surface area (Å²) in [7, 11) is 2.09. The zero-order chi connectivity index (χ0) is 29.1. The highest BCUT2D eigenvalue weighted by Crippen LogP contribution is 2.35. The predicted octanol–water partition coefficient (Wildman–Crippen LogP) is 3.36. The fourth-order valence-electron chi connectivity index (χ4n) is 5.60. The van der Waals surface area contributed by atoms with Gasteiger partial charge in [-0.3, -0.25) is 9.69 Å². The van der Waals surface area contributed by atoms with Crippen LogP contribution in [0.25, 0.3) is 16.9 Å². The van der Waals surface area contributed by atoms with Crippen molar-refractivity contribution in [1.82, 2.24) is 24.6 Å². The zero-order valence-electron chi connectivity index (χ0n) is 23.3. The summed E-state index contributed by atoms with van der Waals surface area (Å²) in [6.45, 7) is 7.95. The molecule has 0 radical (unpaired) electrons. The molecule has 5 heterocycles. The topological polar surface area (TPSA) is 117 Å². The predicted molar refractivity (Wildman–Crippen MR) is 146 cm³/mol. The maximum atomic E-state index is 15.1. The van der Waals surface area contributed by atoms with Crippen LogP contribution < -0.4 is 4.90 Å². The number of anilines is 1. The normalized spacial score (nSPS) is 20.6. The molecule has 0 bridgehead atoms. The molecule has 3 aliphatic heterocycles. The number of morpholine rings is 1. The van der Waals surface area contributed by atoms with Crippen LogP contribution in [0.4, 0.5) is 15.0 Å². The molecule has 2 unspecified atom stereocenters. The fraction of sp³-hybridized carbons (Fsp3) is 0.414. The van der Waals surface area contributed by atoms with E-state index in [0.29, 0.717) is 24.7 Å². The number of rotatable bonds is 3. The lowest BCUT2D eigenvalue weighted by Crippen LogP contribution is -2.48. The Kier molecular flexibility index (Phi) is 6.51. The summed E-state index contributed by atoms with van der Waals surface area (Å²) in [5.74, 6) is -0.515. The number of halogens is 1. The number of nitrogens with zero attached hydrogens (tertiary/aromatic N) is 7. The van der Waals surface area contributed by atoms with Crippen LogP contribution in [0.2, 0.25) is 0 Å². The van der Waals surface area contributed by atoms with Gasteiger partial charge in [0.05, 0.1) is 65.1 Å². The Morgan fingerprint density at radius 2 is 2.02 bits per heavy atom. The van der Waals surface area contributed by atoms with E-state index in [9.17, 15) is 14.9 Å². The third kappa shape index (κ3) is 4.81. The molecule has 2 atom stereocenters. The number of imide groups is 1. The number of ether oxygens (including phenoxy) is 2. The molecule has 2 amide bonds. The van der Waals surface area contributed by atoms with Crippen LogP contribution in [0, 0.1) is 17.1 Å². The highest BCUT2D eigenvalue weighted by molar-refractivity contribution is 6.08. The van der Waals surface area contributed by atoms with E-state index in [-0.39, 0.29) is 46.8 Å². The number of hydrogen-bond donors (Lipinski definition) is 0. The van der Waals surface area contributed by atoms with Gasteiger partial charge in [-0.1, -0.05) is 6.07 Å². The maximum Gasteiger partial charge on any atom is 0.417 e. The molecule has 3 aromatic rings. The molecule has 2 aromatic heterocycles. The van der Waals surface area contributed by atoms with Gasteiger partial charge in [-0.05, 0) is 46.0 Å². The first-order chi connectivity index (χ1) is 19.5. The number of aromatic nitrogens is 3. The molecule has 41 heavy (non-hydrogen) atoms. The molecule has 212 valence electrons. The Morgan fingerprint density at radius 3 is 2.76 bits per heavy atom. The van der Waals surface area contributed by atoms with E-state index in [1.807, 2.05) is 12.1 Å². The monoisotopic (exact) mass is 559 g/mol. The molecule has 0 saturated carbocycles. The molecule has 1 aromatic carbocycles. The molecule has 0 N–H and O–H groups in total. The molecule has 12 heteroatoms. The molecular formula is C29H30FN7O4. The van der Waals surface area contributed by atoms with Gasteiger partial charge in [0.1, 0.15) is 11.4 Å². The summed E-state index contributed by atoms with van der Waals surface area (Å²) >= 11 is 0. The first kappa shape index (κ1) is 26.9. The van der Waals surface area contributed by atoms with Crippen molar-refractivity contribution in [3.05, 3.63) is 59.2 Å². The largest absolute Gasteiger partial charge is 0.443 e. The average molecular weight is 560 g/mol. The van der Waals surface area contributed by atoms with Crippen molar-refractivity contribution in [2.45, 2.75) is 45.1 Å². The van der Waals surface area contributed by atoms with Gasteiger partial charge in [0.25, 0.3) is 5.91 Å². The number of likely N-dealkylation sites (N-methyl/N-ethyl adjacent to an activating group) is 1. The van der Waals surface area contributed by atoms with E-state index in [1.165, 1.54) is 28.9 Å². The SMILES string of the molecule is CN1CCOC2CN(c3ccn(-c4cc(-c5c(F)cccc5C#N)nc5c4C(=O)N(C(=O)OC(C)(C)C)C5)n3)CC21. The Morgan fingerprint density at radius 1 is 1.22 bits per heavy atom. The first-order valence-electron chi connectivity index (χ1n) is 13.4. The van der Waals surface area contributed by atoms with E-state index >= 15 is 4.39 Å². The number of nitriles is 1. The van der Waals surface area contributed by atoms with Crippen LogP contribution in [-0.4, -0.2) is 87.6 Å². The Balaban J connectivity index is 1.43. The number of amides is 2. The minimum Gasteiger partial charge on any atom is -0.443 e. The average Bonchev–Trinajstić information content (AvgIpc) is 3.65. The van der Waals surface area contributed by atoms with Gasteiger partial charge in [-0.25, -0.2) is 23.8 Å². The maximum absolute atomic E-state index is 15.1. The molecule has 0 spiro atoms. The minimum atomic E-state index is -0.815. The Bertz CT molecular complexity index is 1590. The number of carbonyl (C=O) groups excluding carboxylic acids is 2. The smallest absolute Gasteiger partial charge is 0.417 e. The second-order valence-corrected chi connectivity index (χ2v) is 11.5. The van der Waals surface area contributed by atoms with Gasteiger partial charge in [0, 0.05) is 31.9 Å². The highest BCUT2D eigenvalue weighted by atomic mass is 19.1. The third-order valence-corrected chi connectivity index (χ3v) is 7.57. The summed E-state index contributed by atoms with van der Waals surface area (Å²) in [6.07, 6.45) is 0.990. The van der Waals surface area contributed by atoms with Crippen molar-refractivity contribution < 1.29 is 23.5 Å². The molecule has 2 saturated heterocycles. The van der Waals surface area contributed by atoms with E-state index in [1.54, 1.807) is 27.0 Å². The van der Waals surface area contributed by atoms with Crippen LogP contribution in [0.1, 0.15) is 42.4 Å². The van der Waals surface area contributed by atoms with Crippen molar-refractivity contribution in [2.24, 2.45) is 0 Å². The molecule has 11 nitrogen and oxygen atoms in total. The second-order valence-electron chi connectivity index (χ2n) is 11.5. The van der Waals surface area contributed by atoms with E-state index in [2.05, 4.69) is 21.8 Å². The Hall–Kier alpha value is -4.34. The number of fused-ring (bicyclic) bond motifs is 2. The Labute approximate surface area is 236 Å². The van der Waals surface area contributed by atoms with Gasteiger partial charge in [0.15, 0.2) is 5.82 Å².